The molecular formula is C23H25FN4O4. The van der Waals surface area contributed by atoms with Crippen molar-refractivity contribution in [2.75, 3.05) is 12.4 Å². The first-order chi connectivity index (χ1) is 15.4. The van der Waals surface area contributed by atoms with Gasteiger partial charge in [0.25, 0.3) is 5.56 Å². The maximum atomic E-state index is 13.0. The summed E-state index contributed by atoms with van der Waals surface area (Å²) in [6, 6.07) is 7.76. The third kappa shape index (κ3) is 4.28. The molecule has 1 amide bonds. The Kier molecular flexibility index (Phi) is 6.07. The highest BCUT2D eigenvalue weighted by Gasteiger charge is 2.27. The highest BCUT2D eigenvalue weighted by molar-refractivity contribution is 5.92. The van der Waals surface area contributed by atoms with E-state index in [2.05, 4.69) is 10.3 Å². The molecule has 0 saturated heterocycles. The van der Waals surface area contributed by atoms with Crippen LogP contribution in [0.5, 0.6) is 5.75 Å². The van der Waals surface area contributed by atoms with E-state index in [4.69, 9.17) is 4.74 Å². The average molecular weight is 440 g/mol. The summed E-state index contributed by atoms with van der Waals surface area (Å²) in [5.74, 6) is -0.209. The van der Waals surface area contributed by atoms with Crippen LogP contribution in [-0.4, -0.2) is 27.1 Å². The molecule has 9 heteroatoms. The van der Waals surface area contributed by atoms with Gasteiger partial charge in [0.1, 0.15) is 5.75 Å². The minimum Gasteiger partial charge on any atom is -0.497 e. The van der Waals surface area contributed by atoms with Gasteiger partial charge in [-0.2, -0.15) is 4.39 Å². The Balaban J connectivity index is 1.46. The molecule has 0 spiro atoms. The highest BCUT2D eigenvalue weighted by atomic mass is 19.1. The minimum absolute atomic E-state index is 0.122. The van der Waals surface area contributed by atoms with Gasteiger partial charge in [-0.05, 0) is 61.9 Å². The van der Waals surface area contributed by atoms with Gasteiger partial charge in [-0.3, -0.25) is 18.7 Å². The monoisotopic (exact) mass is 440 g/mol. The van der Waals surface area contributed by atoms with Gasteiger partial charge in [0, 0.05) is 19.5 Å². The molecule has 8 nitrogen and oxygen atoms in total. The number of amides is 1. The maximum absolute atomic E-state index is 13.0. The molecule has 2 aromatic heterocycles. The summed E-state index contributed by atoms with van der Waals surface area (Å²) in [4.78, 5) is 41.9. The van der Waals surface area contributed by atoms with Crippen LogP contribution in [0.3, 0.4) is 0 Å². The second-order valence-electron chi connectivity index (χ2n) is 8.22. The standard InChI is InChI=1S/C23H25FN4O4/c1-27-19-9-8-17(32-2)11-18(19)22(30)28(23(27)31)13-14-3-5-15(6-4-14)21(29)26-16-7-10-20(24)25-12-16/h7-12,14-15H,3-6,13H2,1-2H3,(H,26,29)/t14-,15-. The van der Waals surface area contributed by atoms with Gasteiger partial charge >= 0.3 is 5.69 Å². The van der Waals surface area contributed by atoms with Crippen LogP contribution < -0.4 is 21.3 Å². The molecule has 32 heavy (non-hydrogen) atoms. The van der Waals surface area contributed by atoms with Crippen LogP contribution in [-0.2, 0) is 18.4 Å². The van der Waals surface area contributed by atoms with Crippen LogP contribution in [0.25, 0.3) is 10.9 Å². The molecule has 1 fully saturated rings. The summed E-state index contributed by atoms with van der Waals surface area (Å²) in [6.07, 6.45) is 4.05. The molecule has 0 atom stereocenters. The Morgan fingerprint density at radius 3 is 2.59 bits per heavy atom. The van der Waals surface area contributed by atoms with E-state index < -0.39 is 5.95 Å². The molecular weight excluding hydrogens is 415 g/mol. The van der Waals surface area contributed by atoms with E-state index in [0.29, 0.717) is 41.7 Å². The topological polar surface area (TPSA) is 95.2 Å². The van der Waals surface area contributed by atoms with E-state index in [9.17, 15) is 18.8 Å². The number of hydrogen-bond donors (Lipinski definition) is 1. The van der Waals surface area contributed by atoms with Crippen molar-refractivity contribution in [3.63, 3.8) is 0 Å². The summed E-state index contributed by atoms with van der Waals surface area (Å²) >= 11 is 0. The normalized spacial score (nSPS) is 18.5. The molecule has 3 aromatic rings. The van der Waals surface area contributed by atoms with Crippen molar-refractivity contribution < 1.29 is 13.9 Å². The largest absolute Gasteiger partial charge is 0.497 e. The van der Waals surface area contributed by atoms with Crippen molar-refractivity contribution in [2.24, 2.45) is 18.9 Å². The zero-order chi connectivity index (χ0) is 22.8. The zero-order valence-corrected chi connectivity index (χ0v) is 18.0. The molecule has 168 valence electrons. The quantitative estimate of drug-likeness (QED) is 0.616. The van der Waals surface area contributed by atoms with E-state index in [0.717, 1.165) is 12.8 Å². The first-order valence-corrected chi connectivity index (χ1v) is 10.6. The molecule has 1 saturated carbocycles. The molecule has 2 heterocycles. The number of fused-ring (bicyclic) bond motifs is 1. The molecule has 0 bridgehead atoms. The van der Waals surface area contributed by atoms with Crippen LogP contribution in [0.1, 0.15) is 25.7 Å². The fourth-order valence-electron chi connectivity index (χ4n) is 4.34. The lowest BCUT2D eigenvalue weighted by Gasteiger charge is -2.28. The van der Waals surface area contributed by atoms with Crippen LogP contribution in [0.2, 0.25) is 0 Å². The van der Waals surface area contributed by atoms with Gasteiger partial charge in [0.2, 0.25) is 11.9 Å². The second-order valence-corrected chi connectivity index (χ2v) is 8.22. The summed E-state index contributed by atoms with van der Waals surface area (Å²) in [5.41, 5.74) is 0.342. The number of aryl methyl sites for hydroxylation is 1. The van der Waals surface area contributed by atoms with E-state index in [1.54, 1.807) is 25.2 Å². The number of aromatic nitrogens is 3. The van der Waals surface area contributed by atoms with Gasteiger partial charge in [-0.15, -0.1) is 0 Å². The Bertz CT molecular complexity index is 1260. The number of anilines is 1. The smallest absolute Gasteiger partial charge is 0.331 e. The number of benzene rings is 1. The number of nitrogens with one attached hydrogen (secondary N) is 1. The second kappa shape index (κ2) is 8.94. The van der Waals surface area contributed by atoms with E-state index in [1.165, 1.54) is 34.6 Å². The molecule has 1 aliphatic rings. The van der Waals surface area contributed by atoms with Crippen LogP contribution in [0, 0.1) is 17.8 Å². The number of ether oxygens (including phenoxy) is 1. The number of halogens is 1. The van der Waals surface area contributed by atoms with E-state index >= 15 is 0 Å². The Labute approximate surface area is 183 Å². The Hall–Kier alpha value is -3.49. The third-order valence-corrected chi connectivity index (χ3v) is 6.21. The van der Waals surface area contributed by atoms with Gasteiger partial charge < -0.3 is 10.1 Å². The first kappa shape index (κ1) is 21.7. The molecule has 1 N–H and O–H groups in total. The summed E-state index contributed by atoms with van der Waals surface area (Å²) in [5, 5.41) is 3.21. The molecule has 1 aliphatic carbocycles. The Morgan fingerprint density at radius 2 is 1.94 bits per heavy atom. The van der Waals surface area contributed by atoms with Crippen molar-refractivity contribution in [3.8, 4) is 5.75 Å². The zero-order valence-electron chi connectivity index (χ0n) is 18.0. The third-order valence-electron chi connectivity index (χ3n) is 6.21. The lowest BCUT2D eigenvalue weighted by molar-refractivity contribution is -0.121. The number of nitrogens with zero attached hydrogens (tertiary/aromatic N) is 3. The predicted octanol–water partition coefficient (Wildman–Crippen LogP) is 2.69. The van der Waals surface area contributed by atoms with Crippen LogP contribution in [0.15, 0.2) is 46.1 Å². The molecule has 4 rings (SSSR count). The van der Waals surface area contributed by atoms with Crippen LogP contribution >= 0.6 is 0 Å². The van der Waals surface area contributed by atoms with Crippen molar-refractivity contribution in [2.45, 2.75) is 32.2 Å². The minimum atomic E-state index is -0.600. The SMILES string of the molecule is COc1ccc2c(c1)c(=O)n(C[C@H]1CC[C@H](C(=O)Nc3ccc(F)nc3)CC1)c(=O)n2C. The predicted molar refractivity (Wildman–Crippen MR) is 118 cm³/mol. The molecule has 0 radical (unpaired) electrons. The Morgan fingerprint density at radius 1 is 1.19 bits per heavy atom. The number of pyridine rings is 1. The fraction of sp³-hybridized carbons (Fsp3) is 0.391. The lowest BCUT2D eigenvalue weighted by atomic mass is 9.81. The van der Waals surface area contributed by atoms with Gasteiger partial charge in [-0.1, -0.05) is 0 Å². The van der Waals surface area contributed by atoms with Crippen molar-refractivity contribution >= 4 is 22.5 Å². The van der Waals surface area contributed by atoms with Gasteiger partial charge in [-0.25, -0.2) is 9.78 Å². The van der Waals surface area contributed by atoms with Crippen molar-refractivity contribution in [1.29, 1.82) is 0 Å². The maximum Gasteiger partial charge on any atom is 0.331 e. The number of carbonyl (C=O) groups is 1. The number of carbonyl (C=O) groups excluding carboxylic acids is 1. The average Bonchev–Trinajstić information content (AvgIpc) is 2.81. The van der Waals surface area contributed by atoms with Gasteiger partial charge in [0.05, 0.1) is 29.9 Å². The number of methoxy groups -OCH3 is 1. The highest BCUT2D eigenvalue weighted by Crippen LogP contribution is 2.30. The number of hydrogen-bond acceptors (Lipinski definition) is 5. The molecule has 1 aromatic carbocycles. The summed E-state index contributed by atoms with van der Waals surface area (Å²) in [6.45, 7) is 0.314. The van der Waals surface area contributed by atoms with Crippen molar-refractivity contribution in [1.82, 2.24) is 14.1 Å². The summed E-state index contributed by atoms with van der Waals surface area (Å²) < 4.78 is 20.9. The van der Waals surface area contributed by atoms with Gasteiger partial charge in [0.15, 0.2) is 0 Å². The lowest BCUT2D eigenvalue weighted by Crippen LogP contribution is -2.41. The number of rotatable bonds is 5. The first-order valence-electron chi connectivity index (χ1n) is 10.6. The van der Waals surface area contributed by atoms with Crippen LogP contribution in [0.4, 0.5) is 10.1 Å². The summed E-state index contributed by atoms with van der Waals surface area (Å²) in [7, 11) is 3.18. The fourth-order valence-corrected chi connectivity index (χ4v) is 4.34. The van der Waals surface area contributed by atoms with Crippen molar-refractivity contribution in [3.05, 3.63) is 63.3 Å². The molecule has 0 unspecified atom stereocenters. The molecule has 0 aliphatic heterocycles. The van der Waals surface area contributed by atoms with E-state index in [1.807, 2.05) is 0 Å². The van der Waals surface area contributed by atoms with E-state index in [-0.39, 0.29) is 29.0 Å².